The van der Waals surface area contributed by atoms with E-state index in [1.807, 2.05) is 0 Å². The Balaban J connectivity index is 1.39. The molecule has 146 valence electrons. The molecule has 1 amide bonds. The summed E-state index contributed by atoms with van der Waals surface area (Å²) in [6.07, 6.45) is 4.45. The first-order valence-electron chi connectivity index (χ1n) is 10.2. The summed E-state index contributed by atoms with van der Waals surface area (Å²) < 4.78 is 0. The number of carboxylic acid groups (broad SMARTS) is 1. The number of hydrogen-bond acceptors (Lipinski definition) is 3. The maximum atomic E-state index is 12.6. The first-order chi connectivity index (χ1) is 12.9. The number of likely N-dealkylation sites (tertiary alicyclic amines) is 2. The van der Waals surface area contributed by atoms with Crippen molar-refractivity contribution in [2.75, 3.05) is 19.6 Å². The maximum Gasteiger partial charge on any atom is 0.326 e. The normalized spacial score (nSPS) is 25.1. The van der Waals surface area contributed by atoms with Gasteiger partial charge < -0.3 is 10.0 Å². The predicted octanol–water partition coefficient (Wildman–Crippen LogP) is 2.98. The summed E-state index contributed by atoms with van der Waals surface area (Å²) >= 11 is 0. The van der Waals surface area contributed by atoms with Crippen LogP contribution in [-0.4, -0.2) is 52.5 Å². The van der Waals surface area contributed by atoms with Gasteiger partial charge in [-0.2, -0.15) is 0 Å². The number of piperidine rings is 1. The molecule has 1 atom stereocenters. The second kappa shape index (κ2) is 6.93. The molecule has 1 saturated carbocycles. The number of amides is 1. The zero-order valence-electron chi connectivity index (χ0n) is 16.4. The van der Waals surface area contributed by atoms with Crippen LogP contribution in [0.2, 0.25) is 0 Å². The van der Waals surface area contributed by atoms with Crippen LogP contribution in [0.3, 0.4) is 0 Å². The maximum absolute atomic E-state index is 12.6. The van der Waals surface area contributed by atoms with Crippen molar-refractivity contribution in [3.8, 4) is 0 Å². The fourth-order valence-corrected chi connectivity index (χ4v) is 4.78. The van der Waals surface area contributed by atoms with Crippen molar-refractivity contribution < 1.29 is 14.7 Å². The molecule has 2 saturated heterocycles. The van der Waals surface area contributed by atoms with E-state index in [2.05, 4.69) is 36.9 Å². The van der Waals surface area contributed by atoms with Crippen molar-refractivity contribution >= 4 is 11.9 Å². The lowest BCUT2D eigenvalue weighted by Crippen LogP contribution is -2.43. The van der Waals surface area contributed by atoms with Crippen molar-refractivity contribution in [2.45, 2.75) is 58.5 Å². The lowest BCUT2D eigenvalue weighted by atomic mass is 9.76. The first kappa shape index (κ1) is 18.5. The highest BCUT2D eigenvalue weighted by Gasteiger charge is 2.51. The van der Waals surface area contributed by atoms with E-state index >= 15 is 0 Å². The zero-order chi connectivity index (χ0) is 19.2. The number of carbonyl (C=O) groups is 2. The summed E-state index contributed by atoms with van der Waals surface area (Å²) in [5.74, 6) is -0.665. The molecule has 5 nitrogen and oxygen atoms in total. The number of rotatable bonds is 4. The van der Waals surface area contributed by atoms with E-state index in [4.69, 9.17) is 0 Å². The van der Waals surface area contributed by atoms with Gasteiger partial charge in [0.2, 0.25) is 5.91 Å². The minimum absolute atomic E-state index is 0.00665. The molecular weight excluding hydrogens is 340 g/mol. The predicted molar refractivity (Wildman–Crippen MR) is 103 cm³/mol. The van der Waals surface area contributed by atoms with E-state index in [0.29, 0.717) is 13.0 Å². The summed E-state index contributed by atoms with van der Waals surface area (Å²) in [6, 6.07) is 6.04. The molecule has 5 heteroatoms. The third-order valence-corrected chi connectivity index (χ3v) is 6.90. The van der Waals surface area contributed by atoms with Gasteiger partial charge in [0, 0.05) is 19.0 Å². The van der Waals surface area contributed by atoms with E-state index in [1.54, 1.807) is 4.90 Å². The molecule has 1 aliphatic carbocycles. The van der Waals surface area contributed by atoms with Crippen LogP contribution in [0.25, 0.3) is 0 Å². The van der Waals surface area contributed by atoms with Crippen LogP contribution >= 0.6 is 0 Å². The third-order valence-electron chi connectivity index (χ3n) is 6.90. The highest BCUT2D eigenvalue weighted by atomic mass is 16.4. The van der Waals surface area contributed by atoms with Crippen LogP contribution in [-0.2, 0) is 16.1 Å². The second-order valence-corrected chi connectivity index (χ2v) is 8.99. The van der Waals surface area contributed by atoms with Gasteiger partial charge in [0.15, 0.2) is 0 Å². The molecule has 0 aromatic heterocycles. The molecule has 2 heterocycles. The molecule has 1 aromatic rings. The van der Waals surface area contributed by atoms with Gasteiger partial charge in [-0.15, -0.1) is 0 Å². The summed E-state index contributed by atoms with van der Waals surface area (Å²) in [5.41, 5.74) is 3.99. The average molecular weight is 370 g/mol. The molecule has 0 radical (unpaired) electrons. The Morgan fingerprint density at radius 1 is 1.15 bits per heavy atom. The lowest BCUT2D eigenvalue weighted by Gasteiger charge is -2.39. The van der Waals surface area contributed by atoms with E-state index in [0.717, 1.165) is 45.3 Å². The minimum atomic E-state index is -0.835. The van der Waals surface area contributed by atoms with Gasteiger partial charge in [-0.25, -0.2) is 4.79 Å². The SMILES string of the molecule is Cc1ccc(CN2CCC3(CC2)C[C@@H](C(=O)O)N(C(=O)C2CC2)C3)cc1C. The smallest absolute Gasteiger partial charge is 0.326 e. The van der Waals surface area contributed by atoms with Crippen LogP contribution in [0.5, 0.6) is 0 Å². The Labute approximate surface area is 161 Å². The topological polar surface area (TPSA) is 60.9 Å². The number of carboxylic acids is 1. The van der Waals surface area contributed by atoms with Crippen molar-refractivity contribution in [3.63, 3.8) is 0 Å². The van der Waals surface area contributed by atoms with Crippen LogP contribution in [0, 0.1) is 25.2 Å². The van der Waals surface area contributed by atoms with Gasteiger partial charge in [-0.05, 0) is 81.1 Å². The quantitative estimate of drug-likeness (QED) is 0.885. The van der Waals surface area contributed by atoms with E-state index < -0.39 is 12.0 Å². The summed E-state index contributed by atoms with van der Waals surface area (Å²) in [7, 11) is 0. The molecule has 1 spiro atoms. The van der Waals surface area contributed by atoms with Crippen LogP contribution < -0.4 is 0 Å². The second-order valence-electron chi connectivity index (χ2n) is 8.99. The van der Waals surface area contributed by atoms with Gasteiger partial charge >= 0.3 is 5.97 Å². The Morgan fingerprint density at radius 2 is 1.85 bits per heavy atom. The Morgan fingerprint density at radius 3 is 2.44 bits per heavy atom. The highest BCUT2D eigenvalue weighted by molar-refractivity contribution is 5.87. The molecule has 4 rings (SSSR count). The summed E-state index contributed by atoms with van der Waals surface area (Å²) in [4.78, 5) is 28.5. The molecule has 0 bridgehead atoms. The summed E-state index contributed by atoms with van der Waals surface area (Å²) in [6.45, 7) is 7.83. The molecule has 2 aliphatic heterocycles. The van der Waals surface area contributed by atoms with Crippen molar-refractivity contribution in [2.24, 2.45) is 11.3 Å². The number of benzene rings is 1. The fraction of sp³-hybridized carbons (Fsp3) is 0.636. The van der Waals surface area contributed by atoms with Crippen LogP contribution in [0.4, 0.5) is 0 Å². The van der Waals surface area contributed by atoms with Gasteiger partial charge in [-0.3, -0.25) is 9.69 Å². The Kier molecular flexibility index (Phi) is 4.75. The monoisotopic (exact) mass is 370 g/mol. The van der Waals surface area contributed by atoms with E-state index in [9.17, 15) is 14.7 Å². The van der Waals surface area contributed by atoms with E-state index in [-0.39, 0.29) is 17.2 Å². The highest BCUT2D eigenvalue weighted by Crippen LogP contribution is 2.45. The summed E-state index contributed by atoms with van der Waals surface area (Å²) in [5, 5.41) is 9.64. The number of aliphatic carboxylic acids is 1. The molecule has 0 unspecified atom stereocenters. The molecular formula is C22H30N2O3. The largest absolute Gasteiger partial charge is 0.480 e. The van der Waals surface area contributed by atoms with Gasteiger partial charge in [0.25, 0.3) is 0 Å². The molecule has 3 fully saturated rings. The van der Waals surface area contributed by atoms with Gasteiger partial charge in [-0.1, -0.05) is 18.2 Å². The van der Waals surface area contributed by atoms with Crippen LogP contribution in [0.1, 0.15) is 48.8 Å². The van der Waals surface area contributed by atoms with E-state index in [1.165, 1.54) is 16.7 Å². The standard InChI is InChI=1S/C22H30N2O3/c1-15-3-4-17(11-16(15)2)13-23-9-7-22(8-10-23)12-19(21(26)27)24(14-22)20(25)18-5-6-18/h3-4,11,18-19H,5-10,12-14H2,1-2H3,(H,26,27)/t19-/m0/s1. The van der Waals surface area contributed by atoms with Gasteiger partial charge in [0.1, 0.15) is 6.04 Å². The third kappa shape index (κ3) is 3.75. The number of aryl methyl sites for hydroxylation is 2. The van der Waals surface area contributed by atoms with Crippen molar-refractivity contribution in [1.82, 2.24) is 9.80 Å². The zero-order valence-corrected chi connectivity index (χ0v) is 16.4. The van der Waals surface area contributed by atoms with Crippen molar-refractivity contribution in [1.29, 1.82) is 0 Å². The van der Waals surface area contributed by atoms with Gasteiger partial charge in [0.05, 0.1) is 0 Å². The number of carbonyl (C=O) groups excluding carboxylic acids is 1. The average Bonchev–Trinajstić information content (AvgIpc) is 3.42. The molecule has 27 heavy (non-hydrogen) atoms. The number of nitrogens with zero attached hydrogens (tertiary/aromatic N) is 2. The van der Waals surface area contributed by atoms with Crippen molar-refractivity contribution in [3.05, 3.63) is 34.9 Å². The van der Waals surface area contributed by atoms with Crippen LogP contribution in [0.15, 0.2) is 18.2 Å². The Hall–Kier alpha value is -1.88. The Bertz CT molecular complexity index is 748. The minimum Gasteiger partial charge on any atom is -0.480 e. The first-order valence-corrected chi connectivity index (χ1v) is 10.2. The molecule has 1 N–H and O–H groups in total. The lowest BCUT2D eigenvalue weighted by molar-refractivity contribution is -0.148. The fourth-order valence-electron chi connectivity index (χ4n) is 4.78. The number of hydrogen-bond donors (Lipinski definition) is 1. The molecule has 3 aliphatic rings. The molecule has 1 aromatic carbocycles.